The zero-order valence-corrected chi connectivity index (χ0v) is 8.71. The van der Waals surface area contributed by atoms with E-state index in [1.165, 1.54) is 0 Å². The quantitative estimate of drug-likeness (QED) is 0.629. The molecular weight excluding hydrogens is 258 g/mol. The summed E-state index contributed by atoms with van der Waals surface area (Å²) in [4.78, 5) is 20.8. The van der Waals surface area contributed by atoms with Crippen molar-refractivity contribution in [2.24, 2.45) is 0 Å². The second-order valence-electron chi connectivity index (χ2n) is 3.26. The standard InChI is InChI=1S/C10H7F4NO3/c11-7-5(4-15-8(16)9(17)18)2-1-3-6(7)10(12,13)14/h1-3H,4H2,(H,15,16)(H,17,18). The lowest BCUT2D eigenvalue weighted by Gasteiger charge is -2.11. The van der Waals surface area contributed by atoms with Gasteiger partial charge in [0.2, 0.25) is 0 Å². The molecule has 1 rings (SSSR count). The minimum absolute atomic E-state index is 0.445. The lowest BCUT2D eigenvalue weighted by molar-refractivity contribution is -0.150. The number of benzene rings is 1. The molecule has 1 aromatic carbocycles. The Bertz CT molecular complexity index is 485. The zero-order valence-electron chi connectivity index (χ0n) is 8.71. The molecule has 0 unspecified atom stereocenters. The highest BCUT2D eigenvalue weighted by molar-refractivity contribution is 6.31. The summed E-state index contributed by atoms with van der Waals surface area (Å²) in [5, 5.41) is 10.00. The van der Waals surface area contributed by atoms with E-state index in [1.807, 2.05) is 0 Å². The van der Waals surface area contributed by atoms with Crippen molar-refractivity contribution in [3.8, 4) is 0 Å². The minimum Gasteiger partial charge on any atom is -0.474 e. The third kappa shape index (κ3) is 3.19. The van der Waals surface area contributed by atoms with Gasteiger partial charge < -0.3 is 10.4 Å². The third-order valence-corrected chi connectivity index (χ3v) is 2.02. The fourth-order valence-corrected chi connectivity index (χ4v) is 1.19. The van der Waals surface area contributed by atoms with Crippen molar-refractivity contribution in [1.29, 1.82) is 0 Å². The van der Waals surface area contributed by atoms with Crippen LogP contribution in [0, 0.1) is 5.82 Å². The van der Waals surface area contributed by atoms with Crippen LogP contribution < -0.4 is 5.32 Å². The summed E-state index contributed by atoms with van der Waals surface area (Å²) < 4.78 is 50.4. The largest absolute Gasteiger partial charge is 0.474 e. The Morgan fingerprint density at radius 2 is 1.89 bits per heavy atom. The monoisotopic (exact) mass is 265 g/mol. The molecule has 0 spiro atoms. The Hall–Kier alpha value is -2.12. The summed E-state index contributed by atoms with van der Waals surface area (Å²) in [7, 11) is 0. The topological polar surface area (TPSA) is 66.4 Å². The van der Waals surface area contributed by atoms with Crippen molar-refractivity contribution >= 4 is 11.9 Å². The van der Waals surface area contributed by atoms with Crippen LogP contribution in [-0.2, 0) is 22.3 Å². The Morgan fingerprint density at radius 3 is 2.39 bits per heavy atom. The molecule has 98 valence electrons. The van der Waals surface area contributed by atoms with Crippen molar-refractivity contribution in [1.82, 2.24) is 5.32 Å². The Morgan fingerprint density at radius 1 is 1.28 bits per heavy atom. The van der Waals surface area contributed by atoms with Crippen molar-refractivity contribution in [2.45, 2.75) is 12.7 Å². The molecule has 18 heavy (non-hydrogen) atoms. The molecule has 8 heteroatoms. The lowest BCUT2D eigenvalue weighted by atomic mass is 10.1. The van der Waals surface area contributed by atoms with E-state index >= 15 is 0 Å². The van der Waals surface area contributed by atoms with Crippen LogP contribution in [-0.4, -0.2) is 17.0 Å². The molecule has 0 atom stereocenters. The van der Waals surface area contributed by atoms with Crippen LogP contribution in [0.4, 0.5) is 17.6 Å². The molecule has 0 aliphatic heterocycles. The van der Waals surface area contributed by atoms with Crippen LogP contribution in [0.3, 0.4) is 0 Å². The van der Waals surface area contributed by atoms with Crippen molar-refractivity contribution < 1.29 is 32.3 Å². The van der Waals surface area contributed by atoms with Crippen LogP contribution in [0.1, 0.15) is 11.1 Å². The van der Waals surface area contributed by atoms with Gasteiger partial charge in [-0.05, 0) is 6.07 Å². The summed E-state index contributed by atoms with van der Waals surface area (Å²) in [6.07, 6.45) is -4.85. The Kier molecular flexibility index (Phi) is 3.89. The first-order valence-electron chi connectivity index (χ1n) is 4.59. The third-order valence-electron chi connectivity index (χ3n) is 2.02. The van der Waals surface area contributed by atoms with Gasteiger partial charge in [-0.25, -0.2) is 9.18 Å². The number of carboxylic acids is 1. The van der Waals surface area contributed by atoms with Crippen LogP contribution in [0.15, 0.2) is 18.2 Å². The van der Waals surface area contributed by atoms with Gasteiger partial charge in [-0.2, -0.15) is 13.2 Å². The van der Waals surface area contributed by atoms with E-state index in [-0.39, 0.29) is 0 Å². The average Bonchev–Trinajstić information content (AvgIpc) is 2.25. The number of nitrogens with one attached hydrogen (secondary N) is 1. The summed E-state index contributed by atoms with van der Waals surface area (Å²) in [6.45, 7) is -0.638. The highest BCUT2D eigenvalue weighted by Gasteiger charge is 2.34. The van der Waals surface area contributed by atoms with Gasteiger partial charge in [0.1, 0.15) is 5.82 Å². The number of carbonyl (C=O) groups excluding carboxylic acids is 1. The minimum atomic E-state index is -4.85. The summed E-state index contributed by atoms with van der Waals surface area (Å²) in [5.41, 5.74) is -1.91. The van der Waals surface area contributed by atoms with Crippen LogP contribution in [0.25, 0.3) is 0 Å². The van der Waals surface area contributed by atoms with Crippen molar-refractivity contribution in [2.75, 3.05) is 0 Å². The van der Waals surface area contributed by atoms with Gasteiger partial charge in [0.25, 0.3) is 0 Å². The summed E-state index contributed by atoms with van der Waals surface area (Å²) in [6, 6.07) is 2.54. The lowest BCUT2D eigenvalue weighted by Crippen LogP contribution is -2.30. The molecule has 0 saturated heterocycles. The molecule has 1 aromatic rings. The van der Waals surface area contributed by atoms with E-state index in [0.717, 1.165) is 12.1 Å². The molecule has 0 aromatic heterocycles. The average molecular weight is 265 g/mol. The Balaban J connectivity index is 2.92. The van der Waals surface area contributed by atoms with E-state index in [0.29, 0.717) is 6.07 Å². The first-order chi connectivity index (χ1) is 8.23. The smallest absolute Gasteiger partial charge is 0.419 e. The van der Waals surface area contributed by atoms with Gasteiger partial charge in [0.15, 0.2) is 0 Å². The second kappa shape index (κ2) is 5.03. The number of amides is 1. The number of hydrogen-bond acceptors (Lipinski definition) is 2. The van der Waals surface area contributed by atoms with Gasteiger partial charge in [0.05, 0.1) is 5.56 Å². The van der Waals surface area contributed by atoms with E-state index in [1.54, 1.807) is 5.32 Å². The maximum Gasteiger partial charge on any atom is 0.419 e. The van der Waals surface area contributed by atoms with Gasteiger partial charge >= 0.3 is 18.1 Å². The summed E-state index contributed by atoms with van der Waals surface area (Å²) >= 11 is 0. The molecule has 1 amide bonds. The molecule has 4 nitrogen and oxygen atoms in total. The molecule has 0 heterocycles. The highest BCUT2D eigenvalue weighted by atomic mass is 19.4. The number of hydrogen-bond donors (Lipinski definition) is 2. The fourth-order valence-electron chi connectivity index (χ4n) is 1.19. The van der Waals surface area contributed by atoms with E-state index in [9.17, 15) is 27.2 Å². The Labute approximate surface area is 98.2 Å². The van der Waals surface area contributed by atoms with E-state index in [2.05, 4.69) is 0 Å². The number of alkyl halides is 3. The van der Waals surface area contributed by atoms with Gasteiger partial charge in [-0.15, -0.1) is 0 Å². The predicted octanol–water partition coefficient (Wildman–Crippen LogP) is 1.55. The molecular formula is C10H7F4NO3. The van der Waals surface area contributed by atoms with Gasteiger partial charge in [-0.3, -0.25) is 4.79 Å². The van der Waals surface area contributed by atoms with E-state index in [4.69, 9.17) is 5.11 Å². The number of halogens is 4. The second-order valence-corrected chi connectivity index (χ2v) is 3.26. The fraction of sp³-hybridized carbons (Fsp3) is 0.200. The van der Waals surface area contributed by atoms with Crippen LogP contribution in [0.5, 0.6) is 0 Å². The van der Waals surface area contributed by atoms with Crippen LogP contribution in [0.2, 0.25) is 0 Å². The van der Waals surface area contributed by atoms with Gasteiger partial charge in [0, 0.05) is 12.1 Å². The number of rotatable bonds is 2. The zero-order chi connectivity index (χ0) is 13.9. The molecule has 0 aliphatic rings. The van der Waals surface area contributed by atoms with Crippen molar-refractivity contribution in [3.05, 3.63) is 35.1 Å². The first kappa shape index (κ1) is 13.9. The number of carboxylic acid groups (broad SMARTS) is 1. The predicted molar refractivity (Wildman–Crippen MR) is 50.9 cm³/mol. The maximum atomic E-state index is 13.4. The molecule has 0 fully saturated rings. The summed E-state index contributed by atoms with van der Waals surface area (Å²) in [5.74, 6) is -4.76. The molecule has 0 aliphatic carbocycles. The number of carbonyl (C=O) groups is 2. The molecule has 0 radical (unpaired) electrons. The van der Waals surface area contributed by atoms with E-state index < -0.39 is 41.5 Å². The molecule has 0 saturated carbocycles. The number of aliphatic carboxylic acids is 1. The van der Waals surface area contributed by atoms with Crippen molar-refractivity contribution in [3.63, 3.8) is 0 Å². The molecule has 2 N–H and O–H groups in total. The highest BCUT2D eigenvalue weighted by Crippen LogP contribution is 2.32. The van der Waals surface area contributed by atoms with Gasteiger partial charge in [-0.1, -0.05) is 12.1 Å². The van der Waals surface area contributed by atoms with Crippen LogP contribution >= 0.6 is 0 Å². The molecule has 0 bridgehead atoms. The normalized spacial score (nSPS) is 11.1. The SMILES string of the molecule is O=C(O)C(=O)NCc1cccc(C(F)(F)F)c1F. The first-order valence-corrected chi connectivity index (χ1v) is 4.59. The maximum absolute atomic E-state index is 13.4.